The lowest BCUT2D eigenvalue weighted by Crippen LogP contribution is -2.11. The highest BCUT2D eigenvalue weighted by molar-refractivity contribution is 6.23. The Balaban J connectivity index is 2.08. The molecule has 2 nitrogen and oxygen atoms in total. The third kappa shape index (κ3) is 1.83. The van der Waals surface area contributed by atoms with E-state index < -0.39 is 0 Å². The normalized spacial score (nSPS) is 11.6. The molecule has 0 heterocycles. The molecule has 1 amide bonds. The van der Waals surface area contributed by atoms with E-state index in [4.69, 9.17) is 5.73 Å². The van der Waals surface area contributed by atoms with E-state index in [1.54, 1.807) is 0 Å². The molecular formula is C19H15NO. The summed E-state index contributed by atoms with van der Waals surface area (Å²) in [5, 5.41) is 7.62. The fourth-order valence-electron chi connectivity index (χ4n) is 3.27. The standard InChI is InChI=1S/C19H15NO/c20-17(21)11-9-12-4-5-15-7-6-13-2-1-3-14-8-10-16(12)19(15)18(13)14/h1-8,10H,9,11H2,(H2,20,21). The molecule has 21 heavy (non-hydrogen) atoms. The molecule has 0 radical (unpaired) electrons. The number of amides is 1. The summed E-state index contributed by atoms with van der Waals surface area (Å²) in [7, 11) is 0. The predicted molar refractivity (Wildman–Crippen MR) is 87.7 cm³/mol. The lowest BCUT2D eigenvalue weighted by molar-refractivity contribution is -0.117. The summed E-state index contributed by atoms with van der Waals surface area (Å²) < 4.78 is 0. The average molecular weight is 273 g/mol. The first-order valence-corrected chi connectivity index (χ1v) is 7.18. The molecule has 0 aliphatic heterocycles. The van der Waals surface area contributed by atoms with Crippen LogP contribution in [-0.4, -0.2) is 5.91 Å². The second-order valence-electron chi connectivity index (χ2n) is 5.55. The molecule has 0 atom stereocenters. The fraction of sp³-hybridized carbons (Fsp3) is 0.105. The van der Waals surface area contributed by atoms with Crippen LogP contribution in [0.4, 0.5) is 0 Å². The number of nitrogens with two attached hydrogens (primary N) is 1. The van der Waals surface area contributed by atoms with Gasteiger partial charge in [-0.25, -0.2) is 0 Å². The summed E-state index contributed by atoms with van der Waals surface area (Å²) in [6, 6.07) is 19.3. The Morgan fingerprint density at radius 3 is 2.14 bits per heavy atom. The Kier molecular flexibility index (Phi) is 2.58. The number of hydrogen-bond acceptors (Lipinski definition) is 1. The molecule has 0 fully saturated rings. The van der Waals surface area contributed by atoms with Crippen molar-refractivity contribution >= 4 is 38.2 Å². The molecule has 2 N–H and O–H groups in total. The number of rotatable bonds is 3. The highest BCUT2D eigenvalue weighted by Crippen LogP contribution is 2.36. The van der Waals surface area contributed by atoms with Crippen LogP contribution >= 0.6 is 0 Å². The molecule has 4 aromatic rings. The SMILES string of the molecule is NC(=O)CCc1ccc2ccc3cccc4ccc1c2c34. The van der Waals surface area contributed by atoms with Crippen molar-refractivity contribution in [2.24, 2.45) is 5.73 Å². The molecular weight excluding hydrogens is 258 g/mol. The molecule has 4 aromatic carbocycles. The van der Waals surface area contributed by atoms with Crippen LogP contribution in [0, 0.1) is 0 Å². The molecule has 0 aliphatic rings. The van der Waals surface area contributed by atoms with Gasteiger partial charge >= 0.3 is 0 Å². The van der Waals surface area contributed by atoms with E-state index in [1.807, 2.05) is 0 Å². The minimum atomic E-state index is -0.249. The molecule has 0 bridgehead atoms. The quantitative estimate of drug-likeness (QED) is 0.563. The first-order chi connectivity index (χ1) is 10.2. The summed E-state index contributed by atoms with van der Waals surface area (Å²) in [5.74, 6) is -0.249. The topological polar surface area (TPSA) is 43.1 Å². The van der Waals surface area contributed by atoms with Crippen LogP contribution < -0.4 is 5.73 Å². The number of carbonyl (C=O) groups is 1. The minimum Gasteiger partial charge on any atom is -0.370 e. The van der Waals surface area contributed by atoms with Gasteiger partial charge in [-0.15, -0.1) is 0 Å². The average Bonchev–Trinajstić information content (AvgIpc) is 2.51. The first kappa shape index (κ1) is 12.2. The predicted octanol–water partition coefficient (Wildman–Crippen LogP) is 4.00. The zero-order valence-electron chi connectivity index (χ0n) is 11.6. The van der Waals surface area contributed by atoms with Gasteiger partial charge in [0.2, 0.25) is 5.91 Å². The van der Waals surface area contributed by atoms with Crippen LogP contribution in [0.25, 0.3) is 32.3 Å². The largest absolute Gasteiger partial charge is 0.370 e. The Hall–Kier alpha value is -2.61. The second kappa shape index (κ2) is 4.45. The van der Waals surface area contributed by atoms with Crippen molar-refractivity contribution in [3.05, 3.63) is 60.2 Å². The monoisotopic (exact) mass is 273 g/mol. The van der Waals surface area contributed by atoms with Crippen molar-refractivity contribution < 1.29 is 4.79 Å². The van der Waals surface area contributed by atoms with Crippen molar-refractivity contribution in [1.29, 1.82) is 0 Å². The van der Waals surface area contributed by atoms with Crippen molar-refractivity contribution in [3.8, 4) is 0 Å². The van der Waals surface area contributed by atoms with E-state index in [0.717, 1.165) is 0 Å². The number of carbonyl (C=O) groups excluding carboxylic acids is 1. The maximum atomic E-state index is 11.1. The van der Waals surface area contributed by atoms with Gasteiger partial charge in [0.05, 0.1) is 0 Å². The van der Waals surface area contributed by atoms with Crippen LogP contribution in [0.2, 0.25) is 0 Å². The second-order valence-corrected chi connectivity index (χ2v) is 5.55. The highest BCUT2D eigenvalue weighted by atomic mass is 16.1. The Morgan fingerprint density at radius 2 is 1.43 bits per heavy atom. The Labute approximate surface area is 122 Å². The zero-order chi connectivity index (χ0) is 14.4. The smallest absolute Gasteiger partial charge is 0.217 e. The Morgan fingerprint density at radius 1 is 0.810 bits per heavy atom. The van der Waals surface area contributed by atoms with E-state index in [2.05, 4.69) is 54.6 Å². The van der Waals surface area contributed by atoms with Crippen molar-refractivity contribution in [3.63, 3.8) is 0 Å². The molecule has 0 spiro atoms. The van der Waals surface area contributed by atoms with Crippen molar-refractivity contribution in [2.75, 3.05) is 0 Å². The third-order valence-electron chi connectivity index (χ3n) is 4.26. The zero-order valence-corrected chi connectivity index (χ0v) is 11.6. The van der Waals surface area contributed by atoms with E-state index in [0.29, 0.717) is 12.8 Å². The lowest BCUT2D eigenvalue weighted by Gasteiger charge is -2.13. The van der Waals surface area contributed by atoms with Gasteiger partial charge in [0.1, 0.15) is 0 Å². The Bertz CT molecular complexity index is 955. The number of hydrogen-bond donors (Lipinski definition) is 1. The van der Waals surface area contributed by atoms with Gasteiger partial charge < -0.3 is 5.73 Å². The summed E-state index contributed by atoms with van der Waals surface area (Å²) in [6.45, 7) is 0. The van der Waals surface area contributed by atoms with Crippen LogP contribution in [0.1, 0.15) is 12.0 Å². The van der Waals surface area contributed by atoms with E-state index in [-0.39, 0.29) is 5.91 Å². The summed E-state index contributed by atoms with van der Waals surface area (Å²) in [4.78, 5) is 11.1. The van der Waals surface area contributed by atoms with Crippen LogP contribution in [0.5, 0.6) is 0 Å². The van der Waals surface area contributed by atoms with Gasteiger partial charge in [-0.3, -0.25) is 4.79 Å². The fourth-order valence-corrected chi connectivity index (χ4v) is 3.27. The number of primary amides is 1. The summed E-state index contributed by atoms with van der Waals surface area (Å²) in [6.07, 6.45) is 1.09. The minimum absolute atomic E-state index is 0.249. The van der Waals surface area contributed by atoms with Gasteiger partial charge in [0.25, 0.3) is 0 Å². The summed E-state index contributed by atoms with van der Waals surface area (Å²) >= 11 is 0. The molecule has 4 rings (SSSR count). The van der Waals surface area contributed by atoms with Gasteiger partial charge in [-0.05, 0) is 44.3 Å². The number of aryl methyl sites for hydroxylation is 1. The van der Waals surface area contributed by atoms with Crippen LogP contribution in [0.15, 0.2) is 54.6 Å². The third-order valence-corrected chi connectivity index (χ3v) is 4.26. The van der Waals surface area contributed by atoms with E-state index in [1.165, 1.54) is 37.9 Å². The van der Waals surface area contributed by atoms with Crippen molar-refractivity contribution in [1.82, 2.24) is 0 Å². The molecule has 0 unspecified atom stereocenters. The molecule has 2 heteroatoms. The van der Waals surface area contributed by atoms with Crippen molar-refractivity contribution in [2.45, 2.75) is 12.8 Å². The van der Waals surface area contributed by atoms with Gasteiger partial charge in [0.15, 0.2) is 0 Å². The summed E-state index contributed by atoms with van der Waals surface area (Å²) in [5.41, 5.74) is 6.48. The molecule has 0 saturated heterocycles. The van der Waals surface area contributed by atoms with E-state index in [9.17, 15) is 4.79 Å². The first-order valence-electron chi connectivity index (χ1n) is 7.18. The molecule has 102 valence electrons. The van der Waals surface area contributed by atoms with Crippen LogP contribution in [-0.2, 0) is 11.2 Å². The molecule has 0 aromatic heterocycles. The highest BCUT2D eigenvalue weighted by Gasteiger charge is 2.10. The van der Waals surface area contributed by atoms with Crippen LogP contribution in [0.3, 0.4) is 0 Å². The van der Waals surface area contributed by atoms with Gasteiger partial charge in [-0.2, -0.15) is 0 Å². The number of benzene rings is 4. The molecule has 0 saturated carbocycles. The van der Waals surface area contributed by atoms with Gasteiger partial charge in [-0.1, -0.05) is 54.6 Å². The van der Waals surface area contributed by atoms with E-state index >= 15 is 0 Å². The van der Waals surface area contributed by atoms with Gasteiger partial charge in [0, 0.05) is 6.42 Å². The lowest BCUT2D eigenvalue weighted by atomic mass is 9.91. The maximum absolute atomic E-state index is 11.1. The maximum Gasteiger partial charge on any atom is 0.217 e. The molecule has 0 aliphatic carbocycles.